The van der Waals surface area contributed by atoms with Crippen LogP contribution in [-0.4, -0.2) is 30.1 Å². The number of urea groups is 1. The van der Waals surface area contributed by atoms with Crippen LogP contribution in [-0.2, 0) is 0 Å². The van der Waals surface area contributed by atoms with E-state index in [1.54, 1.807) is 25.1 Å². The standard InChI is InChI=1S/C14H16N4O/c1-11-9-13(16-10-15-11)18(3)14(19)17(2)12-7-5-4-6-8-12/h4-10H,1-3H3. The summed E-state index contributed by atoms with van der Waals surface area (Å²) in [5, 5.41) is 0. The molecular weight excluding hydrogens is 240 g/mol. The van der Waals surface area contributed by atoms with Gasteiger partial charge in [0.2, 0.25) is 0 Å². The van der Waals surface area contributed by atoms with Crippen LogP contribution in [0.15, 0.2) is 42.7 Å². The van der Waals surface area contributed by atoms with Gasteiger partial charge in [-0.1, -0.05) is 18.2 Å². The summed E-state index contributed by atoms with van der Waals surface area (Å²) in [5.74, 6) is 0.584. The number of aromatic nitrogens is 2. The van der Waals surface area contributed by atoms with Crippen LogP contribution in [0.25, 0.3) is 0 Å². The molecule has 0 saturated carbocycles. The summed E-state index contributed by atoms with van der Waals surface area (Å²) in [5.41, 5.74) is 1.66. The quantitative estimate of drug-likeness (QED) is 0.829. The zero-order valence-corrected chi connectivity index (χ0v) is 11.2. The van der Waals surface area contributed by atoms with Crippen molar-refractivity contribution < 1.29 is 4.79 Å². The van der Waals surface area contributed by atoms with Crippen LogP contribution < -0.4 is 9.80 Å². The number of carbonyl (C=O) groups excluding carboxylic acids is 1. The van der Waals surface area contributed by atoms with Crippen molar-refractivity contribution in [3.8, 4) is 0 Å². The lowest BCUT2D eigenvalue weighted by Gasteiger charge is -2.24. The van der Waals surface area contributed by atoms with Gasteiger partial charge in [0, 0.05) is 31.5 Å². The van der Waals surface area contributed by atoms with Gasteiger partial charge in [0.1, 0.15) is 12.1 Å². The van der Waals surface area contributed by atoms with Crippen LogP contribution >= 0.6 is 0 Å². The van der Waals surface area contributed by atoms with Crippen molar-refractivity contribution in [2.45, 2.75) is 6.92 Å². The van der Waals surface area contributed by atoms with Crippen molar-refractivity contribution >= 4 is 17.5 Å². The molecule has 2 aromatic rings. The molecule has 5 heteroatoms. The molecule has 0 spiro atoms. The van der Waals surface area contributed by atoms with Crippen molar-refractivity contribution in [3.05, 3.63) is 48.4 Å². The molecule has 0 bridgehead atoms. The summed E-state index contributed by atoms with van der Waals surface area (Å²) >= 11 is 0. The predicted molar refractivity (Wildman–Crippen MR) is 75.4 cm³/mol. The third-order valence-corrected chi connectivity index (χ3v) is 2.85. The third kappa shape index (κ3) is 2.88. The van der Waals surface area contributed by atoms with E-state index in [0.29, 0.717) is 5.82 Å². The maximum absolute atomic E-state index is 12.3. The number of nitrogens with zero attached hydrogens (tertiary/aromatic N) is 4. The van der Waals surface area contributed by atoms with Gasteiger partial charge in [0.05, 0.1) is 0 Å². The zero-order valence-electron chi connectivity index (χ0n) is 11.2. The summed E-state index contributed by atoms with van der Waals surface area (Å²) in [4.78, 5) is 23.6. The number of para-hydroxylation sites is 1. The number of carbonyl (C=O) groups is 1. The minimum Gasteiger partial charge on any atom is -0.297 e. The van der Waals surface area contributed by atoms with Crippen LogP contribution in [0.3, 0.4) is 0 Å². The van der Waals surface area contributed by atoms with E-state index in [0.717, 1.165) is 11.4 Å². The number of aryl methyl sites for hydroxylation is 1. The van der Waals surface area contributed by atoms with Gasteiger partial charge in [-0.05, 0) is 19.1 Å². The van der Waals surface area contributed by atoms with Crippen molar-refractivity contribution in [3.63, 3.8) is 0 Å². The molecule has 5 nitrogen and oxygen atoms in total. The highest BCUT2D eigenvalue weighted by atomic mass is 16.2. The van der Waals surface area contributed by atoms with E-state index in [-0.39, 0.29) is 6.03 Å². The average Bonchev–Trinajstić information content (AvgIpc) is 2.46. The van der Waals surface area contributed by atoms with Gasteiger partial charge in [0.15, 0.2) is 0 Å². The fraction of sp³-hybridized carbons (Fsp3) is 0.214. The van der Waals surface area contributed by atoms with E-state index >= 15 is 0 Å². The number of amides is 2. The monoisotopic (exact) mass is 256 g/mol. The Bertz CT molecular complexity index is 571. The minimum atomic E-state index is -0.149. The first-order chi connectivity index (χ1) is 9.09. The van der Waals surface area contributed by atoms with Gasteiger partial charge in [-0.15, -0.1) is 0 Å². The largest absolute Gasteiger partial charge is 0.329 e. The molecule has 1 aromatic heterocycles. The number of benzene rings is 1. The zero-order chi connectivity index (χ0) is 13.8. The molecule has 19 heavy (non-hydrogen) atoms. The number of anilines is 2. The molecule has 1 heterocycles. The number of rotatable bonds is 2. The SMILES string of the molecule is Cc1cc(N(C)C(=O)N(C)c2ccccc2)ncn1. The first-order valence-electron chi connectivity index (χ1n) is 5.94. The van der Waals surface area contributed by atoms with Gasteiger partial charge < -0.3 is 0 Å². The maximum atomic E-state index is 12.3. The van der Waals surface area contributed by atoms with Crippen molar-refractivity contribution in [1.82, 2.24) is 9.97 Å². The summed E-state index contributed by atoms with van der Waals surface area (Å²) < 4.78 is 0. The second-order valence-electron chi connectivity index (χ2n) is 4.25. The van der Waals surface area contributed by atoms with E-state index in [9.17, 15) is 4.79 Å². The minimum absolute atomic E-state index is 0.149. The van der Waals surface area contributed by atoms with Crippen LogP contribution in [0.2, 0.25) is 0 Å². The fourth-order valence-electron chi connectivity index (χ4n) is 1.71. The van der Waals surface area contributed by atoms with E-state index in [1.165, 1.54) is 11.2 Å². The highest BCUT2D eigenvalue weighted by Gasteiger charge is 2.17. The molecule has 1 aromatic carbocycles. The molecule has 0 fully saturated rings. The van der Waals surface area contributed by atoms with Crippen LogP contribution in [0.4, 0.5) is 16.3 Å². The Labute approximate surface area is 112 Å². The Kier molecular flexibility index (Phi) is 3.75. The van der Waals surface area contributed by atoms with Crippen LogP contribution in [0.1, 0.15) is 5.69 Å². The molecule has 2 rings (SSSR count). The first kappa shape index (κ1) is 13.0. The van der Waals surface area contributed by atoms with Crippen molar-refractivity contribution in [2.75, 3.05) is 23.9 Å². The van der Waals surface area contributed by atoms with E-state index in [1.807, 2.05) is 37.3 Å². The topological polar surface area (TPSA) is 49.3 Å². The number of hydrogen-bond donors (Lipinski definition) is 0. The summed E-state index contributed by atoms with van der Waals surface area (Å²) in [7, 11) is 3.44. The van der Waals surface area contributed by atoms with Gasteiger partial charge in [-0.2, -0.15) is 0 Å². The Morgan fingerprint density at radius 2 is 1.74 bits per heavy atom. The molecular formula is C14H16N4O. The Morgan fingerprint density at radius 3 is 2.37 bits per heavy atom. The van der Waals surface area contributed by atoms with Gasteiger partial charge in [0.25, 0.3) is 0 Å². The Morgan fingerprint density at radius 1 is 1.05 bits per heavy atom. The molecule has 98 valence electrons. The normalized spacial score (nSPS) is 10.1. The van der Waals surface area contributed by atoms with E-state index in [2.05, 4.69) is 9.97 Å². The lowest BCUT2D eigenvalue weighted by Crippen LogP contribution is -2.39. The van der Waals surface area contributed by atoms with Crippen LogP contribution in [0, 0.1) is 6.92 Å². The van der Waals surface area contributed by atoms with Crippen molar-refractivity contribution in [1.29, 1.82) is 0 Å². The summed E-state index contributed by atoms with van der Waals surface area (Å²) in [6.45, 7) is 1.87. The highest BCUT2D eigenvalue weighted by molar-refractivity contribution is 6.02. The van der Waals surface area contributed by atoms with E-state index < -0.39 is 0 Å². The van der Waals surface area contributed by atoms with Gasteiger partial charge >= 0.3 is 6.03 Å². The molecule has 0 saturated heterocycles. The molecule has 0 unspecified atom stereocenters. The summed E-state index contributed by atoms with van der Waals surface area (Å²) in [6, 6.07) is 11.1. The van der Waals surface area contributed by atoms with Gasteiger partial charge in [-0.3, -0.25) is 9.80 Å². The molecule has 0 aliphatic heterocycles. The molecule has 0 N–H and O–H groups in total. The second kappa shape index (κ2) is 5.48. The first-order valence-corrected chi connectivity index (χ1v) is 5.94. The second-order valence-corrected chi connectivity index (χ2v) is 4.25. The lowest BCUT2D eigenvalue weighted by molar-refractivity contribution is 0.253. The number of hydrogen-bond acceptors (Lipinski definition) is 3. The molecule has 0 aliphatic rings. The summed E-state index contributed by atoms with van der Waals surface area (Å²) in [6.07, 6.45) is 1.46. The smallest absolute Gasteiger partial charge is 0.297 e. The third-order valence-electron chi connectivity index (χ3n) is 2.85. The molecule has 0 radical (unpaired) electrons. The van der Waals surface area contributed by atoms with Gasteiger partial charge in [-0.25, -0.2) is 14.8 Å². The lowest BCUT2D eigenvalue weighted by atomic mass is 10.3. The Balaban J connectivity index is 2.20. The van der Waals surface area contributed by atoms with E-state index in [4.69, 9.17) is 0 Å². The predicted octanol–water partition coefficient (Wildman–Crippen LogP) is 2.48. The molecule has 0 aliphatic carbocycles. The molecule has 0 atom stereocenters. The van der Waals surface area contributed by atoms with Crippen molar-refractivity contribution in [2.24, 2.45) is 0 Å². The average molecular weight is 256 g/mol. The van der Waals surface area contributed by atoms with Crippen LogP contribution in [0.5, 0.6) is 0 Å². The Hall–Kier alpha value is -2.43. The highest BCUT2D eigenvalue weighted by Crippen LogP contribution is 2.16. The fourth-order valence-corrected chi connectivity index (χ4v) is 1.71. The molecule has 2 amide bonds. The maximum Gasteiger partial charge on any atom is 0.329 e.